The molecule has 2 heterocycles. The number of likely N-dealkylation sites (tertiary alicyclic amines) is 1. The van der Waals surface area contributed by atoms with Crippen molar-refractivity contribution in [3.05, 3.63) is 18.0 Å². The molecule has 1 saturated heterocycles. The highest BCUT2D eigenvalue weighted by molar-refractivity contribution is 5.12. The molecule has 5 nitrogen and oxygen atoms in total. The van der Waals surface area contributed by atoms with Crippen LogP contribution >= 0.6 is 0 Å². The van der Waals surface area contributed by atoms with Crippen LogP contribution in [-0.2, 0) is 0 Å². The third kappa shape index (κ3) is 3.84. The Morgan fingerprint density at radius 3 is 2.52 bits per heavy atom. The molecule has 1 atom stereocenters. The van der Waals surface area contributed by atoms with E-state index in [1.54, 1.807) is 0 Å². The fraction of sp³-hybridized carbons (Fsp3) is 0.812. The van der Waals surface area contributed by atoms with Gasteiger partial charge in [0.15, 0.2) is 0 Å². The van der Waals surface area contributed by atoms with Gasteiger partial charge in [0.2, 0.25) is 0 Å². The number of rotatable bonds is 6. The number of hydrogen-bond acceptors (Lipinski definition) is 4. The van der Waals surface area contributed by atoms with Crippen LogP contribution in [0.5, 0.6) is 0 Å². The van der Waals surface area contributed by atoms with Gasteiger partial charge in [-0.3, -0.25) is 9.58 Å². The minimum Gasteiger partial charge on any atom is -0.329 e. The molecular formula is C16H31N5. The van der Waals surface area contributed by atoms with Gasteiger partial charge in [0.25, 0.3) is 0 Å². The molecule has 1 fully saturated rings. The normalized spacial score (nSPS) is 19.6. The minimum absolute atomic E-state index is 0.274. The van der Waals surface area contributed by atoms with Crippen LogP contribution in [0.4, 0.5) is 0 Å². The molecule has 0 aromatic carbocycles. The van der Waals surface area contributed by atoms with Crippen molar-refractivity contribution in [2.24, 2.45) is 5.73 Å². The van der Waals surface area contributed by atoms with Crippen molar-refractivity contribution < 1.29 is 0 Å². The van der Waals surface area contributed by atoms with Gasteiger partial charge in [0, 0.05) is 30.4 Å². The van der Waals surface area contributed by atoms with Crippen LogP contribution in [-0.4, -0.2) is 58.8 Å². The maximum absolute atomic E-state index is 6.06. The number of aromatic nitrogens is 2. The maximum atomic E-state index is 6.06. The fourth-order valence-corrected chi connectivity index (χ4v) is 3.24. The lowest BCUT2D eigenvalue weighted by Gasteiger charge is -2.39. The summed E-state index contributed by atoms with van der Waals surface area (Å²) in [7, 11) is 2.22. The summed E-state index contributed by atoms with van der Waals surface area (Å²) in [6, 6.07) is 1.30. The number of hydrogen-bond donors (Lipinski definition) is 1. The molecule has 2 rings (SSSR count). The summed E-state index contributed by atoms with van der Waals surface area (Å²) in [5, 5.41) is 4.46. The summed E-state index contributed by atoms with van der Waals surface area (Å²) in [6.45, 7) is 10.8. The summed E-state index contributed by atoms with van der Waals surface area (Å²) in [6.07, 6.45) is 6.60. The Hall–Kier alpha value is -0.910. The van der Waals surface area contributed by atoms with Crippen LogP contribution in [0.2, 0.25) is 0 Å². The predicted octanol–water partition coefficient (Wildman–Crippen LogP) is 1.88. The lowest BCUT2D eigenvalue weighted by atomic mass is 10.00. The van der Waals surface area contributed by atoms with Gasteiger partial charge in [0.05, 0.1) is 12.2 Å². The Labute approximate surface area is 129 Å². The van der Waals surface area contributed by atoms with E-state index in [0.29, 0.717) is 18.6 Å². The van der Waals surface area contributed by atoms with Crippen LogP contribution in [0.1, 0.15) is 51.3 Å². The number of nitrogens with zero attached hydrogens (tertiary/aromatic N) is 4. The Kier molecular flexibility index (Phi) is 5.79. The molecule has 0 bridgehead atoms. The van der Waals surface area contributed by atoms with Gasteiger partial charge >= 0.3 is 0 Å². The average Bonchev–Trinajstić information content (AvgIpc) is 2.98. The van der Waals surface area contributed by atoms with Crippen LogP contribution in [0.15, 0.2) is 12.4 Å². The summed E-state index contributed by atoms with van der Waals surface area (Å²) < 4.78 is 2.02. The SMILES string of the molecule is CCN1CCC(N(C)C(CN)c2cnn(C(C)C)c2)CC1. The van der Waals surface area contributed by atoms with Gasteiger partial charge in [-0.25, -0.2) is 0 Å². The van der Waals surface area contributed by atoms with Crippen molar-refractivity contribution >= 4 is 0 Å². The van der Waals surface area contributed by atoms with Crippen molar-refractivity contribution in [1.82, 2.24) is 19.6 Å². The number of nitrogens with two attached hydrogens (primary N) is 1. The quantitative estimate of drug-likeness (QED) is 0.870. The van der Waals surface area contributed by atoms with E-state index in [0.717, 1.165) is 6.54 Å². The number of piperidine rings is 1. The Morgan fingerprint density at radius 1 is 1.38 bits per heavy atom. The highest BCUT2D eigenvalue weighted by atomic mass is 15.3. The molecule has 1 aromatic heterocycles. The summed E-state index contributed by atoms with van der Waals surface area (Å²) in [4.78, 5) is 4.99. The lowest BCUT2D eigenvalue weighted by molar-refractivity contribution is 0.101. The van der Waals surface area contributed by atoms with E-state index in [4.69, 9.17) is 5.73 Å². The molecule has 0 spiro atoms. The first-order chi connectivity index (χ1) is 10.1. The maximum Gasteiger partial charge on any atom is 0.0538 e. The molecule has 0 amide bonds. The topological polar surface area (TPSA) is 50.3 Å². The van der Waals surface area contributed by atoms with Crippen molar-refractivity contribution in [3.8, 4) is 0 Å². The van der Waals surface area contributed by atoms with E-state index in [1.807, 2.05) is 10.9 Å². The zero-order valence-corrected chi connectivity index (χ0v) is 14.0. The van der Waals surface area contributed by atoms with Gasteiger partial charge in [-0.15, -0.1) is 0 Å². The zero-order valence-electron chi connectivity index (χ0n) is 14.0. The van der Waals surface area contributed by atoms with Crippen LogP contribution in [0.25, 0.3) is 0 Å². The van der Waals surface area contributed by atoms with E-state index in [2.05, 4.69) is 48.9 Å². The molecule has 2 N–H and O–H groups in total. The molecule has 1 unspecified atom stereocenters. The molecule has 0 saturated carbocycles. The first-order valence-corrected chi connectivity index (χ1v) is 8.25. The predicted molar refractivity (Wildman–Crippen MR) is 87.3 cm³/mol. The Morgan fingerprint density at radius 2 is 2.05 bits per heavy atom. The van der Waals surface area contributed by atoms with Gasteiger partial charge in [0.1, 0.15) is 0 Å². The lowest BCUT2D eigenvalue weighted by Crippen LogP contribution is -2.45. The monoisotopic (exact) mass is 293 g/mol. The highest BCUT2D eigenvalue weighted by Gasteiger charge is 2.27. The third-order valence-electron chi connectivity index (χ3n) is 4.83. The Bertz CT molecular complexity index is 420. The van der Waals surface area contributed by atoms with E-state index in [9.17, 15) is 0 Å². The van der Waals surface area contributed by atoms with Gasteiger partial charge in [-0.2, -0.15) is 5.10 Å². The van der Waals surface area contributed by atoms with Crippen molar-refractivity contribution in [2.45, 2.75) is 51.7 Å². The molecule has 1 aliphatic rings. The number of likely N-dealkylation sites (N-methyl/N-ethyl adjacent to an activating group) is 1. The third-order valence-corrected chi connectivity index (χ3v) is 4.83. The van der Waals surface area contributed by atoms with E-state index >= 15 is 0 Å². The average molecular weight is 293 g/mol. The standard InChI is InChI=1S/C16H31N5/c1-5-20-8-6-15(7-9-20)19(4)16(10-17)14-11-18-21(12-14)13(2)3/h11-13,15-16H,5-10,17H2,1-4H3. The Balaban J connectivity index is 2.02. The van der Waals surface area contributed by atoms with Crippen molar-refractivity contribution in [1.29, 1.82) is 0 Å². The molecule has 5 heteroatoms. The molecule has 0 radical (unpaired) electrons. The van der Waals surface area contributed by atoms with Crippen LogP contribution in [0.3, 0.4) is 0 Å². The smallest absolute Gasteiger partial charge is 0.0538 e. The fourth-order valence-electron chi connectivity index (χ4n) is 3.24. The molecule has 0 aliphatic carbocycles. The molecular weight excluding hydrogens is 262 g/mol. The molecule has 1 aromatic rings. The largest absolute Gasteiger partial charge is 0.329 e. The van der Waals surface area contributed by atoms with Gasteiger partial charge < -0.3 is 10.6 Å². The molecule has 120 valence electrons. The van der Waals surface area contributed by atoms with Crippen molar-refractivity contribution in [3.63, 3.8) is 0 Å². The first-order valence-electron chi connectivity index (χ1n) is 8.25. The van der Waals surface area contributed by atoms with Crippen LogP contribution < -0.4 is 5.73 Å². The summed E-state index contributed by atoms with van der Waals surface area (Å²) in [5.74, 6) is 0. The zero-order chi connectivity index (χ0) is 15.4. The van der Waals surface area contributed by atoms with Gasteiger partial charge in [-0.1, -0.05) is 6.92 Å². The first kappa shape index (κ1) is 16.5. The van der Waals surface area contributed by atoms with E-state index < -0.39 is 0 Å². The highest BCUT2D eigenvalue weighted by Crippen LogP contribution is 2.25. The summed E-state index contributed by atoms with van der Waals surface area (Å²) in [5.41, 5.74) is 7.30. The second kappa shape index (κ2) is 7.38. The summed E-state index contributed by atoms with van der Waals surface area (Å²) >= 11 is 0. The van der Waals surface area contributed by atoms with E-state index in [-0.39, 0.29) is 6.04 Å². The van der Waals surface area contributed by atoms with E-state index in [1.165, 1.54) is 31.5 Å². The molecule has 21 heavy (non-hydrogen) atoms. The second-order valence-corrected chi connectivity index (χ2v) is 6.43. The minimum atomic E-state index is 0.274. The van der Waals surface area contributed by atoms with Crippen LogP contribution in [0, 0.1) is 0 Å². The molecule has 1 aliphatic heterocycles. The van der Waals surface area contributed by atoms with Crippen molar-refractivity contribution in [2.75, 3.05) is 33.2 Å². The second-order valence-electron chi connectivity index (χ2n) is 6.43. The van der Waals surface area contributed by atoms with Gasteiger partial charge in [-0.05, 0) is 53.4 Å².